The van der Waals surface area contributed by atoms with Crippen LogP contribution in [0, 0.1) is 6.92 Å². The number of hydrogen-bond donors (Lipinski definition) is 1. The average Bonchev–Trinajstić information content (AvgIpc) is 2.72. The van der Waals surface area contributed by atoms with Crippen LogP contribution in [0.1, 0.15) is 5.01 Å². The molecule has 19 heavy (non-hydrogen) atoms. The maximum atomic E-state index is 6.12. The SMILES string of the molecule is Cc1nc2cc(Sc3ccc(Br)cc3)c(N)cc2s1. The molecule has 0 radical (unpaired) electrons. The summed E-state index contributed by atoms with van der Waals surface area (Å²) >= 11 is 6.78. The minimum Gasteiger partial charge on any atom is -0.398 e. The Balaban J connectivity index is 1.99. The van der Waals surface area contributed by atoms with Crippen LogP contribution in [0.15, 0.2) is 50.7 Å². The number of aromatic nitrogens is 1. The molecule has 0 unspecified atom stereocenters. The van der Waals surface area contributed by atoms with Crippen LogP contribution in [0.3, 0.4) is 0 Å². The largest absolute Gasteiger partial charge is 0.398 e. The Bertz CT molecular complexity index is 735. The van der Waals surface area contributed by atoms with Gasteiger partial charge in [0.1, 0.15) is 0 Å². The van der Waals surface area contributed by atoms with E-state index in [4.69, 9.17) is 5.73 Å². The van der Waals surface area contributed by atoms with Crippen molar-refractivity contribution in [3.8, 4) is 0 Å². The van der Waals surface area contributed by atoms with Gasteiger partial charge >= 0.3 is 0 Å². The average molecular weight is 351 g/mol. The second-order valence-corrected chi connectivity index (χ2v) is 7.41. The van der Waals surface area contributed by atoms with E-state index in [0.717, 1.165) is 30.3 Å². The van der Waals surface area contributed by atoms with Crippen molar-refractivity contribution in [2.24, 2.45) is 0 Å². The van der Waals surface area contributed by atoms with Gasteiger partial charge in [-0.2, -0.15) is 0 Å². The smallest absolute Gasteiger partial charge is 0.0907 e. The van der Waals surface area contributed by atoms with E-state index < -0.39 is 0 Å². The first-order chi connectivity index (χ1) is 9.11. The van der Waals surface area contributed by atoms with Gasteiger partial charge in [0.15, 0.2) is 0 Å². The molecule has 0 saturated carbocycles. The third-order valence-corrected chi connectivity index (χ3v) is 5.21. The number of thiazole rings is 1. The highest BCUT2D eigenvalue weighted by atomic mass is 79.9. The minimum atomic E-state index is 0.809. The molecular formula is C14H11BrN2S2. The van der Waals surface area contributed by atoms with Gasteiger partial charge in [-0.3, -0.25) is 0 Å². The van der Waals surface area contributed by atoms with Gasteiger partial charge in [0.25, 0.3) is 0 Å². The van der Waals surface area contributed by atoms with Crippen LogP contribution < -0.4 is 5.73 Å². The molecular weight excluding hydrogens is 340 g/mol. The van der Waals surface area contributed by atoms with Crippen LogP contribution >= 0.6 is 39.0 Å². The molecule has 0 atom stereocenters. The second kappa shape index (κ2) is 5.15. The molecule has 0 amide bonds. The predicted octanol–water partition coefficient (Wildman–Crippen LogP) is 5.10. The number of fused-ring (bicyclic) bond motifs is 1. The van der Waals surface area contributed by atoms with E-state index in [9.17, 15) is 0 Å². The predicted molar refractivity (Wildman–Crippen MR) is 87.0 cm³/mol. The molecule has 0 fully saturated rings. The maximum absolute atomic E-state index is 6.12. The number of nitrogen functional groups attached to an aromatic ring is 1. The summed E-state index contributed by atoms with van der Waals surface area (Å²) in [5.41, 5.74) is 7.96. The van der Waals surface area contributed by atoms with Gasteiger partial charge in [0, 0.05) is 20.0 Å². The van der Waals surface area contributed by atoms with Gasteiger partial charge in [-0.25, -0.2) is 4.98 Å². The Morgan fingerprint density at radius 1 is 1.21 bits per heavy atom. The van der Waals surface area contributed by atoms with E-state index in [1.165, 1.54) is 4.90 Å². The summed E-state index contributed by atoms with van der Waals surface area (Å²) < 4.78 is 2.23. The molecule has 0 bridgehead atoms. The molecule has 0 aliphatic carbocycles. The standard InChI is InChI=1S/C14H11BrN2S2/c1-8-17-12-7-13(11(16)6-14(12)18-8)19-10-4-2-9(15)3-5-10/h2-7H,16H2,1H3. The van der Waals surface area contributed by atoms with Crippen molar-refractivity contribution in [2.45, 2.75) is 16.7 Å². The van der Waals surface area contributed by atoms with Crippen LogP contribution in [0.2, 0.25) is 0 Å². The van der Waals surface area contributed by atoms with Gasteiger partial charge in [0.05, 0.1) is 15.2 Å². The number of nitrogens with zero attached hydrogens (tertiary/aromatic N) is 1. The van der Waals surface area contributed by atoms with Gasteiger partial charge < -0.3 is 5.73 Å². The monoisotopic (exact) mass is 350 g/mol. The van der Waals surface area contributed by atoms with E-state index in [-0.39, 0.29) is 0 Å². The lowest BCUT2D eigenvalue weighted by atomic mass is 10.3. The number of nitrogens with two attached hydrogens (primary N) is 1. The summed E-state index contributed by atoms with van der Waals surface area (Å²) in [5, 5.41) is 1.07. The fourth-order valence-corrected chi connectivity index (χ4v) is 3.80. The summed E-state index contributed by atoms with van der Waals surface area (Å²) in [6, 6.07) is 12.3. The van der Waals surface area contributed by atoms with Gasteiger partial charge in [0.2, 0.25) is 0 Å². The zero-order chi connectivity index (χ0) is 13.4. The van der Waals surface area contributed by atoms with Crippen molar-refractivity contribution in [3.63, 3.8) is 0 Å². The molecule has 2 N–H and O–H groups in total. The van der Waals surface area contributed by atoms with Gasteiger partial charge in [-0.1, -0.05) is 27.7 Å². The summed E-state index contributed by atoms with van der Waals surface area (Å²) in [6.45, 7) is 2.02. The summed E-state index contributed by atoms with van der Waals surface area (Å²) in [4.78, 5) is 6.74. The molecule has 5 heteroatoms. The number of benzene rings is 2. The van der Waals surface area contributed by atoms with Crippen LogP contribution in [0.25, 0.3) is 10.2 Å². The first kappa shape index (κ1) is 13.0. The third-order valence-electron chi connectivity index (χ3n) is 2.67. The Morgan fingerprint density at radius 2 is 1.95 bits per heavy atom. The van der Waals surface area contributed by atoms with Crippen LogP contribution in [-0.4, -0.2) is 4.98 Å². The molecule has 0 aliphatic rings. The highest BCUT2D eigenvalue weighted by molar-refractivity contribution is 9.10. The molecule has 2 aromatic carbocycles. The van der Waals surface area contributed by atoms with E-state index >= 15 is 0 Å². The molecule has 1 aromatic heterocycles. The van der Waals surface area contributed by atoms with Crippen molar-refractivity contribution in [1.82, 2.24) is 4.98 Å². The number of aryl methyl sites for hydroxylation is 1. The fourth-order valence-electron chi connectivity index (χ4n) is 1.80. The molecule has 96 valence electrons. The lowest BCUT2D eigenvalue weighted by molar-refractivity contribution is 1.33. The highest BCUT2D eigenvalue weighted by Gasteiger charge is 2.07. The quantitative estimate of drug-likeness (QED) is 0.653. The normalized spacial score (nSPS) is 11.1. The van der Waals surface area contributed by atoms with Crippen molar-refractivity contribution >= 4 is 54.9 Å². The van der Waals surface area contributed by atoms with Crippen LogP contribution in [0.4, 0.5) is 5.69 Å². The molecule has 3 aromatic rings. The first-order valence-corrected chi connectivity index (χ1v) is 8.14. The number of rotatable bonds is 2. The van der Waals surface area contributed by atoms with Crippen molar-refractivity contribution in [1.29, 1.82) is 0 Å². The zero-order valence-corrected chi connectivity index (χ0v) is 13.4. The lowest BCUT2D eigenvalue weighted by Crippen LogP contribution is -1.88. The number of halogens is 1. The van der Waals surface area contributed by atoms with E-state index in [1.807, 2.05) is 25.1 Å². The summed E-state index contributed by atoms with van der Waals surface area (Å²) in [6.07, 6.45) is 0. The van der Waals surface area contributed by atoms with Crippen molar-refractivity contribution in [2.75, 3.05) is 5.73 Å². The van der Waals surface area contributed by atoms with Crippen molar-refractivity contribution in [3.05, 3.63) is 45.9 Å². The fraction of sp³-hybridized carbons (Fsp3) is 0.0714. The summed E-state index contributed by atoms with van der Waals surface area (Å²) in [7, 11) is 0. The number of anilines is 1. The molecule has 1 heterocycles. The Morgan fingerprint density at radius 3 is 2.68 bits per heavy atom. The van der Waals surface area contributed by atoms with E-state index in [2.05, 4.69) is 39.1 Å². The zero-order valence-electron chi connectivity index (χ0n) is 10.2. The van der Waals surface area contributed by atoms with Crippen molar-refractivity contribution < 1.29 is 0 Å². The topological polar surface area (TPSA) is 38.9 Å². The van der Waals surface area contributed by atoms with Crippen LogP contribution in [0.5, 0.6) is 0 Å². The maximum Gasteiger partial charge on any atom is 0.0907 e. The highest BCUT2D eigenvalue weighted by Crippen LogP contribution is 2.36. The summed E-state index contributed by atoms with van der Waals surface area (Å²) in [5.74, 6) is 0. The number of hydrogen-bond acceptors (Lipinski definition) is 4. The van der Waals surface area contributed by atoms with Gasteiger partial charge in [-0.15, -0.1) is 11.3 Å². The molecule has 3 rings (SSSR count). The van der Waals surface area contributed by atoms with Crippen LogP contribution in [-0.2, 0) is 0 Å². The molecule has 0 saturated heterocycles. The van der Waals surface area contributed by atoms with Gasteiger partial charge in [-0.05, 0) is 43.3 Å². The molecule has 0 aliphatic heterocycles. The Labute approximate surface area is 128 Å². The minimum absolute atomic E-state index is 0.809. The Hall–Kier alpha value is -1.04. The van der Waals surface area contributed by atoms with E-state index in [0.29, 0.717) is 0 Å². The second-order valence-electron chi connectivity index (χ2n) is 4.15. The Kier molecular flexibility index (Phi) is 3.52. The van der Waals surface area contributed by atoms with E-state index in [1.54, 1.807) is 23.1 Å². The lowest BCUT2D eigenvalue weighted by Gasteiger charge is -2.05. The molecule has 2 nitrogen and oxygen atoms in total. The third kappa shape index (κ3) is 2.78. The first-order valence-electron chi connectivity index (χ1n) is 5.72. The molecule has 0 spiro atoms.